The van der Waals surface area contributed by atoms with Gasteiger partial charge in [0.2, 0.25) is 10.0 Å². The molecule has 2 rings (SSSR count). The SMILES string of the molecule is CC1(C)CN(S(=O)(=O)c2cnc(Cl)c(Cl)c2)CC(C)(C)O1. The third-order valence-electron chi connectivity index (χ3n) is 3.08. The lowest BCUT2D eigenvalue weighted by molar-refractivity contribution is -0.163. The smallest absolute Gasteiger partial charge is 0.244 e. The van der Waals surface area contributed by atoms with Gasteiger partial charge in [0.05, 0.1) is 16.2 Å². The van der Waals surface area contributed by atoms with Crippen molar-refractivity contribution in [3.63, 3.8) is 0 Å². The average Bonchev–Trinajstić information content (AvgIpc) is 2.28. The molecule has 0 aromatic carbocycles. The monoisotopic (exact) mass is 352 g/mol. The van der Waals surface area contributed by atoms with Crippen LogP contribution in [0.2, 0.25) is 10.2 Å². The summed E-state index contributed by atoms with van der Waals surface area (Å²) in [5.74, 6) is 0. The minimum atomic E-state index is -3.70. The molecule has 0 atom stereocenters. The van der Waals surface area contributed by atoms with Gasteiger partial charge in [-0.1, -0.05) is 23.2 Å². The molecule has 0 bridgehead atoms. The molecule has 21 heavy (non-hydrogen) atoms. The fourth-order valence-electron chi connectivity index (χ4n) is 2.58. The van der Waals surface area contributed by atoms with E-state index in [0.717, 1.165) is 0 Å². The molecule has 1 aliphatic rings. The third kappa shape index (κ3) is 3.68. The second-order valence-electron chi connectivity index (χ2n) is 6.34. The van der Waals surface area contributed by atoms with Crippen molar-refractivity contribution in [2.45, 2.75) is 43.8 Å². The Hall–Kier alpha value is -0.400. The van der Waals surface area contributed by atoms with Gasteiger partial charge in [-0.2, -0.15) is 4.31 Å². The van der Waals surface area contributed by atoms with E-state index in [1.54, 1.807) is 0 Å². The average molecular weight is 353 g/mol. The first-order chi connectivity index (χ1) is 9.43. The molecule has 1 saturated heterocycles. The van der Waals surface area contributed by atoms with Gasteiger partial charge < -0.3 is 4.74 Å². The van der Waals surface area contributed by atoms with Crippen LogP contribution in [0.5, 0.6) is 0 Å². The summed E-state index contributed by atoms with van der Waals surface area (Å²) >= 11 is 11.6. The Morgan fingerprint density at radius 3 is 2.19 bits per heavy atom. The number of halogens is 2. The summed E-state index contributed by atoms with van der Waals surface area (Å²) in [6, 6.07) is 1.32. The number of aromatic nitrogens is 1. The van der Waals surface area contributed by atoms with Crippen LogP contribution < -0.4 is 0 Å². The van der Waals surface area contributed by atoms with Crippen molar-refractivity contribution in [2.24, 2.45) is 0 Å². The zero-order valence-electron chi connectivity index (χ0n) is 12.4. The lowest BCUT2D eigenvalue weighted by Crippen LogP contribution is -2.58. The predicted molar refractivity (Wildman–Crippen MR) is 82.3 cm³/mol. The molecular formula is C13H18Cl2N2O3S. The Morgan fingerprint density at radius 1 is 1.19 bits per heavy atom. The van der Waals surface area contributed by atoms with E-state index in [0.29, 0.717) is 0 Å². The number of hydrogen-bond acceptors (Lipinski definition) is 4. The van der Waals surface area contributed by atoms with Gasteiger partial charge in [-0.05, 0) is 33.8 Å². The van der Waals surface area contributed by atoms with E-state index in [1.807, 2.05) is 27.7 Å². The van der Waals surface area contributed by atoms with Crippen molar-refractivity contribution < 1.29 is 13.2 Å². The molecule has 8 heteroatoms. The van der Waals surface area contributed by atoms with E-state index in [-0.39, 0.29) is 28.2 Å². The van der Waals surface area contributed by atoms with Gasteiger partial charge >= 0.3 is 0 Å². The highest BCUT2D eigenvalue weighted by Crippen LogP contribution is 2.32. The van der Waals surface area contributed by atoms with Crippen molar-refractivity contribution in [1.82, 2.24) is 9.29 Å². The first-order valence-corrected chi connectivity index (χ1v) is 8.64. The fraction of sp³-hybridized carbons (Fsp3) is 0.615. The van der Waals surface area contributed by atoms with Crippen molar-refractivity contribution in [1.29, 1.82) is 0 Å². The number of rotatable bonds is 2. The summed E-state index contributed by atoms with van der Waals surface area (Å²) in [5, 5.41) is 0.197. The molecule has 0 N–H and O–H groups in total. The zero-order valence-corrected chi connectivity index (χ0v) is 14.7. The van der Waals surface area contributed by atoms with E-state index < -0.39 is 21.2 Å². The number of pyridine rings is 1. The van der Waals surface area contributed by atoms with Gasteiger partial charge in [-0.25, -0.2) is 13.4 Å². The Balaban J connectivity index is 2.41. The number of sulfonamides is 1. The molecular weight excluding hydrogens is 335 g/mol. The van der Waals surface area contributed by atoms with Crippen LogP contribution in [0.15, 0.2) is 17.2 Å². The van der Waals surface area contributed by atoms with Gasteiger partial charge in [0.1, 0.15) is 10.0 Å². The highest BCUT2D eigenvalue weighted by atomic mass is 35.5. The first-order valence-electron chi connectivity index (χ1n) is 6.44. The Morgan fingerprint density at radius 2 is 1.71 bits per heavy atom. The topological polar surface area (TPSA) is 59.5 Å². The molecule has 2 heterocycles. The van der Waals surface area contributed by atoms with Crippen molar-refractivity contribution >= 4 is 33.2 Å². The van der Waals surface area contributed by atoms with E-state index in [9.17, 15) is 8.42 Å². The number of ether oxygens (including phenoxy) is 1. The lowest BCUT2D eigenvalue weighted by Gasteiger charge is -2.46. The maximum atomic E-state index is 12.8. The Kier molecular flexibility index (Phi) is 4.32. The van der Waals surface area contributed by atoms with Crippen LogP contribution in [0, 0.1) is 0 Å². The Labute approximate surface area is 135 Å². The quantitative estimate of drug-likeness (QED) is 0.767. The molecule has 1 aromatic heterocycles. The molecule has 0 radical (unpaired) electrons. The van der Waals surface area contributed by atoms with Crippen LogP contribution in [-0.4, -0.2) is 42.0 Å². The second kappa shape index (κ2) is 5.35. The normalized spacial score (nSPS) is 22.2. The van der Waals surface area contributed by atoms with Crippen LogP contribution in [0.3, 0.4) is 0 Å². The summed E-state index contributed by atoms with van der Waals surface area (Å²) in [6.45, 7) is 7.98. The van der Waals surface area contributed by atoms with E-state index in [4.69, 9.17) is 27.9 Å². The standard InChI is InChI=1S/C13H18Cl2N2O3S/c1-12(2)7-17(8-13(3,4)20-12)21(18,19)9-5-10(14)11(15)16-6-9/h5-6H,7-8H2,1-4H3. The molecule has 0 saturated carbocycles. The maximum absolute atomic E-state index is 12.8. The molecule has 0 aliphatic carbocycles. The molecule has 0 unspecified atom stereocenters. The van der Waals surface area contributed by atoms with Crippen LogP contribution in [-0.2, 0) is 14.8 Å². The van der Waals surface area contributed by atoms with Crippen LogP contribution in [0.4, 0.5) is 0 Å². The number of morpholine rings is 1. The van der Waals surface area contributed by atoms with E-state index in [1.165, 1.54) is 16.6 Å². The highest BCUT2D eigenvalue weighted by molar-refractivity contribution is 7.89. The molecule has 1 aliphatic heterocycles. The van der Waals surface area contributed by atoms with Crippen molar-refractivity contribution in [2.75, 3.05) is 13.1 Å². The minimum absolute atomic E-state index is 0.0328. The maximum Gasteiger partial charge on any atom is 0.244 e. The Bertz CT molecular complexity index is 643. The highest BCUT2D eigenvalue weighted by Gasteiger charge is 2.43. The molecule has 0 spiro atoms. The zero-order chi connectivity index (χ0) is 16.1. The molecule has 118 valence electrons. The van der Waals surface area contributed by atoms with Gasteiger partial charge in [0.15, 0.2) is 0 Å². The van der Waals surface area contributed by atoms with Gasteiger partial charge in [-0.15, -0.1) is 0 Å². The first kappa shape index (κ1) is 17.0. The lowest BCUT2D eigenvalue weighted by atomic mass is 10.0. The second-order valence-corrected chi connectivity index (χ2v) is 9.04. The summed E-state index contributed by atoms with van der Waals surface area (Å²) in [4.78, 5) is 3.84. The molecule has 1 fully saturated rings. The summed E-state index contributed by atoms with van der Waals surface area (Å²) < 4.78 is 32.8. The minimum Gasteiger partial charge on any atom is -0.367 e. The van der Waals surface area contributed by atoms with Crippen LogP contribution in [0.25, 0.3) is 0 Å². The van der Waals surface area contributed by atoms with E-state index in [2.05, 4.69) is 4.98 Å². The van der Waals surface area contributed by atoms with Gasteiger partial charge in [0, 0.05) is 19.3 Å². The molecule has 5 nitrogen and oxygen atoms in total. The summed E-state index contributed by atoms with van der Waals surface area (Å²) in [7, 11) is -3.70. The number of hydrogen-bond donors (Lipinski definition) is 0. The van der Waals surface area contributed by atoms with Gasteiger partial charge in [-0.3, -0.25) is 0 Å². The van der Waals surface area contributed by atoms with Gasteiger partial charge in [0.25, 0.3) is 0 Å². The third-order valence-corrected chi connectivity index (χ3v) is 5.52. The number of nitrogens with zero attached hydrogens (tertiary/aromatic N) is 2. The summed E-state index contributed by atoms with van der Waals surface area (Å²) in [6.07, 6.45) is 1.22. The molecule has 0 amide bonds. The predicted octanol–water partition coefficient (Wildman–Crippen LogP) is 2.97. The van der Waals surface area contributed by atoms with Crippen molar-refractivity contribution in [3.05, 3.63) is 22.4 Å². The van der Waals surface area contributed by atoms with Crippen LogP contribution >= 0.6 is 23.2 Å². The summed E-state index contributed by atoms with van der Waals surface area (Å²) in [5.41, 5.74) is -1.14. The van der Waals surface area contributed by atoms with Crippen LogP contribution in [0.1, 0.15) is 27.7 Å². The largest absolute Gasteiger partial charge is 0.367 e. The van der Waals surface area contributed by atoms with Crippen molar-refractivity contribution in [3.8, 4) is 0 Å². The molecule has 1 aromatic rings. The fourth-order valence-corrected chi connectivity index (χ4v) is 4.63. The van der Waals surface area contributed by atoms with E-state index >= 15 is 0 Å².